The molecule has 0 saturated heterocycles. The van der Waals surface area contributed by atoms with Crippen LogP contribution in [0.4, 0.5) is 0 Å². The zero-order chi connectivity index (χ0) is 24.4. The van der Waals surface area contributed by atoms with E-state index in [9.17, 15) is 0 Å². The Morgan fingerprint density at radius 2 is 0.581 bits per heavy atom. The van der Waals surface area contributed by atoms with Crippen molar-refractivity contribution in [2.45, 2.75) is 157 Å². The molecule has 31 heavy (non-hydrogen) atoms. The summed E-state index contributed by atoms with van der Waals surface area (Å²) in [6.07, 6.45) is 24.9. The summed E-state index contributed by atoms with van der Waals surface area (Å²) in [5.74, 6) is 3.68. The maximum absolute atomic E-state index is 8.82. The van der Waals surface area contributed by atoms with Gasteiger partial charge in [-0.3, -0.25) is 0 Å². The summed E-state index contributed by atoms with van der Waals surface area (Å²) in [5.41, 5.74) is 0. The molecule has 192 valence electrons. The Morgan fingerprint density at radius 3 is 0.677 bits per heavy atom. The van der Waals surface area contributed by atoms with Crippen LogP contribution in [0.15, 0.2) is 0 Å². The molecule has 0 aliphatic heterocycles. The Morgan fingerprint density at radius 1 is 0.452 bits per heavy atom. The van der Waals surface area contributed by atoms with E-state index < -0.39 is 13.6 Å². The molecular formula is C26H56CrO4-2. The molecule has 5 heteroatoms. The molecule has 0 atom stereocenters. The summed E-state index contributed by atoms with van der Waals surface area (Å²) in [6.45, 7) is 13.7. The summed E-state index contributed by atoms with van der Waals surface area (Å²) >= 11 is -5.25. The normalized spacial score (nSPS) is 11.2. The van der Waals surface area contributed by atoms with Crippen molar-refractivity contribution in [2.75, 3.05) is 0 Å². The van der Waals surface area contributed by atoms with Gasteiger partial charge < -0.3 is 11.8 Å². The molecule has 0 bridgehead atoms. The third kappa shape index (κ3) is 40.9. The zero-order valence-electron chi connectivity index (χ0n) is 21.8. The second kappa shape index (κ2) is 28.1. The van der Waals surface area contributed by atoms with Crippen LogP contribution in [0.5, 0.6) is 0 Å². The molecule has 0 aromatic carbocycles. The minimum absolute atomic E-state index is 1.35. The second-order valence-electron chi connectivity index (χ2n) is 8.57. The van der Waals surface area contributed by atoms with Gasteiger partial charge in [-0.25, -0.2) is 0 Å². The first-order chi connectivity index (χ1) is 14.7. The first-order valence-electron chi connectivity index (χ1n) is 13.1. The van der Waals surface area contributed by atoms with Crippen LogP contribution >= 0.6 is 0 Å². The van der Waals surface area contributed by atoms with E-state index in [4.69, 9.17) is 15.9 Å². The summed E-state index contributed by atoms with van der Waals surface area (Å²) in [7, 11) is 0. The van der Waals surface area contributed by atoms with Gasteiger partial charge in [-0.05, 0) is 0 Å². The summed E-state index contributed by atoms with van der Waals surface area (Å²) in [6, 6.07) is 0. The molecule has 4 nitrogen and oxygen atoms in total. The van der Waals surface area contributed by atoms with Gasteiger partial charge in [-0.15, -0.1) is 0 Å². The molecular weight excluding hydrogens is 428 g/mol. The van der Waals surface area contributed by atoms with Gasteiger partial charge in [0.25, 0.3) is 0 Å². The van der Waals surface area contributed by atoms with Crippen LogP contribution in [0.1, 0.15) is 157 Å². The standard InChI is InChI=1S/2C13H27.Cr.2H2O.2O/c2*1-4-7-10-13(11-8-5-2)12-9-6-3;;;;;/h2*4-12H2,1-3H3;;2*1H2;;/q2*-1;+2;;;;/p-2. The van der Waals surface area contributed by atoms with E-state index in [1.165, 1.54) is 116 Å². The van der Waals surface area contributed by atoms with Crippen LogP contribution in [-0.2, 0) is 21.2 Å². The molecule has 0 aromatic rings. The van der Waals surface area contributed by atoms with Crippen molar-refractivity contribution in [3.05, 3.63) is 11.8 Å². The first-order valence-corrected chi connectivity index (χ1v) is 15.2. The Balaban J connectivity index is -0.000000416. The van der Waals surface area contributed by atoms with Crippen molar-refractivity contribution in [3.63, 3.8) is 0 Å². The van der Waals surface area contributed by atoms with Crippen molar-refractivity contribution in [2.24, 2.45) is 0 Å². The quantitative estimate of drug-likeness (QED) is 0.190. The van der Waals surface area contributed by atoms with Gasteiger partial charge in [0.1, 0.15) is 0 Å². The number of unbranched alkanes of at least 4 members (excludes halogenated alkanes) is 6. The van der Waals surface area contributed by atoms with E-state index in [1.807, 2.05) is 11.8 Å². The molecule has 0 aromatic heterocycles. The van der Waals surface area contributed by atoms with Crippen molar-refractivity contribution < 1.29 is 29.5 Å². The average Bonchev–Trinajstić information content (AvgIpc) is 2.72. The third-order valence-electron chi connectivity index (χ3n) is 5.30. The summed E-state index contributed by atoms with van der Waals surface area (Å²) in [4.78, 5) is 0. The van der Waals surface area contributed by atoms with E-state index in [0.29, 0.717) is 0 Å². The minimum atomic E-state index is -5.25. The molecule has 0 aliphatic carbocycles. The first kappa shape index (κ1) is 35.6. The molecule has 0 unspecified atom stereocenters. The van der Waals surface area contributed by atoms with Crippen LogP contribution in [0.2, 0.25) is 0 Å². The molecule has 0 amide bonds. The predicted molar refractivity (Wildman–Crippen MR) is 129 cm³/mol. The molecule has 0 heterocycles. The molecule has 0 fully saturated rings. The van der Waals surface area contributed by atoms with Gasteiger partial charge in [0.2, 0.25) is 0 Å². The van der Waals surface area contributed by atoms with Gasteiger partial charge in [-0.2, -0.15) is 38.5 Å². The Hall–Kier alpha value is 0.0525. The molecule has 2 N–H and O–H groups in total. The monoisotopic (exact) mass is 484 g/mol. The van der Waals surface area contributed by atoms with Crippen molar-refractivity contribution in [1.82, 2.24) is 0 Å². The molecule has 0 rings (SSSR count). The van der Waals surface area contributed by atoms with Gasteiger partial charge in [-0.1, -0.05) is 119 Å². The number of hydrogen-bond donors (Lipinski definition) is 2. The fourth-order valence-corrected chi connectivity index (χ4v) is 3.31. The third-order valence-corrected chi connectivity index (χ3v) is 5.30. The van der Waals surface area contributed by atoms with E-state index in [1.54, 1.807) is 0 Å². The second-order valence-corrected chi connectivity index (χ2v) is 9.97. The van der Waals surface area contributed by atoms with Crippen LogP contribution in [0.3, 0.4) is 0 Å². The Bertz CT molecular complexity index is 340. The number of hydrogen-bond acceptors (Lipinski definition) is 2. The van der Waals surface area contributed by atoms with Crippen molar-refractivity contribution in [3.8, 4) is 0 Å². The maximum atomic E-state index is 8.82. The fourth-order valence-electron chi connectivity index (χ4n) is 3.31. The molecule has 0 spiro atoms. The van der Waals surface area contributed by atoms with E-state index >= 15 is 0 Å². The van der Waals surface area contributed by atoms with Crippen LogP contribution in [0, 0.1) is 11.8 Å². The fraction of sp³-hybridized carbons (Fsp3) is 0.923. The Kier molecular flexibility index (Phi) is 32.3. The predicted octanol–water partition coefficient (Wildman–Crippen LogP) is 8.91. The van der Waals surface area contributed by atoms with Crippen LogP contribution < -0.4 is 0 Å². The van der Waals surface area contributed by atoms with Gasteiger partial charge in [0, 0.05) is 0 Å². The Labute approximate surface area is 198 Å². The van der Waals surface area contributed by atoms with Crippen molar-refractivity contribution in [1.29, 1.82) is 0 Å². The average molecular weight is 485 g/mol. The van der Waals surface area contributed by atoms with Crippen LogP contribution in [0.25, 0.3) is 0 Å². The topological polar surface area (TPSA) is 74.6 Å². The van der Waals surface area contributed by atoms with Crippen LogP contribution in [-0.4, -0.2) is 8.32 Å². The van der Waals surface area contributed by atoms with Gasteiger partial charge >= 0.3 is 29.5 Å². The van der Waals surface area contributed by atoms with Gasteiger partial charge in [0.05, 0.1) is 0 Å². The number of rotatable bonds is 18. The SMILES string of the molecule is CCCC[C-](CCCC)CCCC.CCCC[C-](CCCC)CCCC.[O]=[Cr](=[O])([OH])[OH]. The van der Waals surface area contributed by atoms with E-state index in [2.05, 4.69) is 41.5 Å². The zero-order valence-corrected chi connectivity index (χ0v) is 23.1. The summed E-state index contributed by atoms with van der Waals surface area (Å²) in [5, 5.41) is 0. The molecule has 0 saturated carbocycles. The summed E-state index contributed by atoms with van der Waals surface area (Å²) < 4.78 is 31.9. The van der Waals surface area contributed by atoms with Crippen molar-refractivity contribution >= 4 is 0 Å². The van der Waals surface area contributed by atoms with E-state index in [-0.39, 0.29) is 0 Å². The molecule has 0 aliphatic rings. The molecule has 0 radical (unpaired) electrons. The van der Waals surface area contributed by atoms with E-state index in [0.717, 1.165) is 0 Å². The van der Waals surface area contributed by atoms with Gasteiger partial charge in [0.15, 0.2) is 0 Å².